The Balaban J connectivity index is 1.50. The van der Waals surface area contributed by atoms with Crippen molar-refractivity contribution in [2.45, 2.75) is 51.9 Å². The number of allylic oxidation sites excluding steroid dienone is 1. The number of likely N-dealkylation sites (tertiary alicyclic amines) is 1. The molecule has 1 unspecified atom stereocenters. The fourth-order valence-corrected chi connectivity index (χ4v) is 4.47. The lowest BCUT2D eigenvalue weighted by Gasteiger charge is -2.36. The van der Waals surface area contributed by atoms with E-state index in [9.17, 15) is 9.59 Å². The quantitative estimate of drug-likeness (QED) is 0.787. The van der Waals surface area contributed by atoms with Gasteiger partial charge in [-0.1, -0.05) is 6.08 Å². The number of carbonyl (C=O) groups is 2. The van der Waals surface area contributed by atoms with E-state index in [2.05, 4.69) is 15.9 Å². The largest absolute Gasteiger partial charge is 0.342 e. The molecule has 0 N–H and O–H groups in total. The average molecular weight is 348 g/mol. The molecule has 3 aliphatic rings. The van der Waals surface area contributed by atoms with Gasteiger partial charge in [-0.2, -0.15) is 0 Å². The molecule has 1 aliphatic carbocycles. The van der Waals surface area contributed by atoms with Gasteiger partial charge in [0.05, 0.1) is 0 Å². The van der Waals surface area contributed by atoms with Crippen molar-refractivity contribution in [3.8, 4) is 0 Å². The number of carbonyl (C=O) groups excluding carboxylic acids is 2. The molecule has 140 valence electrons. The number of hydrogen-bond acceptors (Lipinski definition) is 3. The van der Waals surface area contributed by atoms with Crippen molar-refractivity contribution in [1.29, 1.82) is 0 Å². The van der Waals surface area contributed by atoms with Gasteiger partial charge in [0.1, 0.15) is 0 Å². The van der Waals surface area contributed by atoms with Gasteiger partial charge < -0.3 is 14.7 Å². The molecule has 2 amide bonds. The zero-order valence-corrected chi connectivity index (χ0v) is 15.7. The first kappa shape index (κ1) is 18.4. The van der Waals surface area contributed by atoms with Crippen LogP contribution in [0.3, 0.4) is 0 Å². The fourth-order valence-electron chi connectivity index (χ4n) is 4.47. The zero-order chi connectivity index (χ0) is 17.6. The summed E-state index contributed by atoms with van der Waals surface area (Å²) in [5.41, 5.74) is 1.05. The SMILES string of the molecule is CC(=O)N1CCCN(CC2CCCN(C(=O)C3=CCCCC3)C2)CC1. The van der Waals surface area contributed by atoms with E-state index in [4.69, 9.17) is 0 Å². The summed E-state index contributed by atoms with van der Waals surface area (Å²) in [6.07, 6.45) is 9.99. The summed E-state index contributed by atoms with van der Waals surface area (Å²) in [7, 11) is 0. The predicted molar refractivity (Wildman–Crippen MR) is 99.2 cm³/mol. The predicted octanol–water partition coefficient (Wildman–Crippen LogP) is 2.28. The molecule has 1 atom stereocenters. The molecular weight excluding hydrogens is 314 g/mol. The smallest absolute Gasteiger partial charge is 0.249 e. The van der Waals surface area contributed by atoms with E-state index in [-0.39, 0.29) is 5.91 Å². The summed E-state index contributed by atoms with van der Waals surface area (Å²) >= 11 is 0. The van der Waals surface area contributed by atoms with Crippen LogP contribution in [-0.2, 0) is 9.59 Å². The molecule has 2 fully saturated rings. The summed E-state index contributed by atoms with van der Waals surface area (Å²) < 4.78 is 0. The van der Waals surface area contributed by atoms with Crippen LogP contribution in [0.1, 0.15) is 51.9 Å². The first-order valence-corrected chi connectivity index (χ1v) is 10.1. The van der Waals surface area contributed by atoms with Crippen LogP contribution < -0.4 is 0 Å². The molecule has 5 nitrogen and oxygen atoms in total. The average Bonchev–Trinajstić information content (AvgIpc) is 2.88. The van der Waals surface area contributed by atoms with Crippen molar-refractivity contribution >= 4 is 11.8 Å². The van der Waals surface area contributed by atoms with Gasteiger partial charge >= 0.3 is 0 Å². The van der Waals surface area contributed by atoms with Crippen LogP contribution in [0.4, 0.5) is 0 Å². The third kappa shape index (κ3) is 5.06. The molecule has 2 saturated heterocycles. The maximum atomic E-state index is 12.8. The Morgan fingerprint density at radius 2 is 1.84 bits per heavy atom. The van der Waals surface area contributed by atoms with Gasteiger partial charge in [0, 0.05) is 51.8 Å². The second kappa shape index (κ2) is 8.84. The van der Waals surface area contributed by atoms with E-state index < -0.39 is 0 Å². The van der Waals surface area contributed by atoms with E-state index >= 15 is 0 Å². The maximum Gasteiger partial charge on any atom is 0.249 e. The first-order chi connectivity index (χ1) is 12.1. The van der Waals surface area contributed by atoms with Crippen molar-refractivity contribution in [3.63, 3.8) is 0 Å². The van der Waals surface area contributed by atoms with E-state index in [1.54, 1.807) is 6.92 Å². The van der Waals surface area contributed by atoms with E-state index in [0.29, 0.717) is 11.8 Å². The van der Waals surface area contributed by atoms with Gasteiger partial charge in [-0.3, -0.25) is 9.59 Å². The standard InChI is InChI=1S/C20H33N3O2/c1-17(24)22-12-6-10-21(13-14-22)15-18-7-5-11-23(16-18)20(25)19-8-3-2-4-9-19/h8,18H,2-7,9-16H2,1H3. The number of hydrogen-bond donors (Lipinski definition) is 0. The zero-order valence-electron chi connectivity index (χ0n) is 15.7. The molecule has 5 heteroatoms. The molecular formula is C20H33N3O2. The summed E-state index contributed by atoms with van der Waals surface area (Å²) in [5, 5.41) is 0. The Bertz CT molecular complexity index is 517. The number of amides is 2. The Morgan fingerprint density at radius 3 is 2.60 bits per heavy atom. The number of piperidine rings is 1. The van der Waals surface area contributed by atoms with Gasteiger partial charge in [0.2, 0.25) is 11.8 Å². The summed E-state index contributed by atoms with van der Waals surface area (Å²) in [4.78, 5) is 30.9. The van der Waals surface area contributed by atoms with Crippen LogP contribution in [0, 0.1) is 5.92 Å². The van der Waals surface area contributed by atoms with Crippen LogP contribution in [0.5, 0.6) is 0 Å². The van der Waals surface area contributed by atoms with Gasteiger partial charge in [0.25, 0.3) is 0 Å². The summed E-state index contributed by atoms with van der Waals surface area (Å²) in [6, 6.07) is 0. The second-order valence-electron chi connectivity index (χ2n) is 7.89. The molecule has 0 aromatic rings. The highest BCUT2D eigenvalue weighted by Gasteiger charge is 2.28. The minimum Gasteiger partial charge on any atom is -0.342 e. The fraction of sp³-hybridized carbons (Fsp3) is 0.800. The van der Waals surface area contributed by atoms with Crippen LogP contribution in [0.15, 0.2) is 11.6 Å². The van der Waals surface area contributed by atoms with E-state index in [1.165, 1.54) is 12.8 Å². The van der Waals surface area contributed by atoms with Crippen molar-refractivity contribution in [1.82, 2.24) is 14.7 Å². The van der Waals surface area contributed by atoms with Crippen molar-refractivity contribution in [2.75, 3.05) is 45.8 Å². The highest BCUT2D eigenvalue weighted by Crippen LogP contribution is 2.24. The minimum atomic E-state index is 0.192. The molecule has 25 heavy (non-hydrogen) atoms. The Labute approximate surface area is 152 Å². The first-order valence-electron chi connectivity index (χ1n) is 10.1. The van der Waals surface area contributed by atoms with Gasteiger partial charge in [-0.15, -0.1) is 0 Å². The number of nitrogens with zero attached hydrogens (tertiary/aromatic N) is 3. The van der Waals surface area contributed by atoms with Gasteiger partial charge in [-0.25, -0.2) is 0 Å². The maximum absolute atomic E-state index is 12.8. The lowest BCUT2D eigenvalue weighted by Crippen LogP contribution is -2.45. The molecule has 0 radical (unpaired) electrons. The topological polar surface area (TPSA) is 43.9 Å². The molecule has 0 bridgehead atoms. The van der Waals surface area contributed by atoms with Crippen molar-refractivity contribution in [3.05, 3.63) is 11.6 Å². The van der Waals surface area contributed by atoms with Crippen LogP contribution in [0.2, 0.25) is 0 Å². The number of rotatable bonds is 3. The summed E-state index contributed by atoms with van der Waals surface area (Å²) in [5.74, 6) is 1.06. The molecule has 0 aromatic heterocycles. The Morgan fingerprint density at radius 1 is 1.00 bits per heavy atom. The minimum absolute atomic E-state index is 0.192. The molecule has 0 saturated carbocycles. The molecule has 0 spiro atoms. The van der Waals surface area contributed by atoms with E-state index in [1.807, 2.05) is 4.90 Å². The van der Waals surface area contributed by atoms with Crippen LogP contribution >= 0.6 is 0 Å². The third-order valence-electron chi connectivity index (χ3n) is 5.92. The molecule has 3 rings (SSSR count). The summed E-state index contributed by atoms with van der Waals surface area (Å²) in [6.45, 7) is 8.32. The van der Waals surface area contributed by atoms with Crippen LogP contribution in [-0.4, -0.2) is 72.3 Å². The van der Waals surface area contributed by atoms with E-state index in [0.717, 1.165) is 83.5 Å². The van der Waals surface area contributed by atoms with Gasteiger partial charge in [-0.05, 0) is 57.4 Å². The molecule has 2 aliphatic heterocycles. The third-order valence-corrected chi connectivity index (χ3v) is 5.92. The Kier molecular flexibility index (Phi) is 6.51. The van der Waals surface area contributed by atoms with Crippen LogP contribution in [0.25, 0.3) is 0 Å². The monoisotopic (exact) mass is 347 g/mol. The highest BCUT2D eigenvalue weighted by atomic mass is 16.2. The molecule has 2 heterocycles. The lowest BCUT2D eigenvalue weighted by atomic mass is 9.94. The second-order valence-corrected chi connectivity index (χ2v) is 7.89. The Hall–Kier alpha value is -1.36. The van der Waals surface area contributed by atoms with Crippen molar-refractivity contribution < 1.29 is 9.59 Å². The van der Waals surface area contributed by atoms with Crippen molar-refractivity contribution in [2.24, 2.45) is 5.92 Å². The highest BCUT2D eigenvalue weighted by molar-refractivity contribution is 5.93. The normalized spacial score (nSPS) is 26.1. The molecule has 0 aromatic carbocycles. The van der Waals surface area contributed by atoms with Gasteiger partial charge in [0.15, 0.2) is 0 Å². The lowest BCUT2D eigenvalue weighted by molar-refractivity contribution is -0.130.